The van der Waals surface area contributed by atoms with Crippen molar-refractivity contribution in [3.8, 4) is 11.3 Å². The van der Waals surface area contributed by atoms with Gasteiger partial charge < -0.3 is 4.90 Å². The summed E-state index contributed by atoms with van der Waals surface area (Å²) in [5, 5.41) is 0. The van der Waals surface area contributed by atoms with E-state index in [1.54, 1.807) is 11.8 Å². The molecule has 0 radical (unpaired) electrons. The zero-order valence-electron chi connectivity index (χ0n) is 19.8. The summed E-state index contributed by atoms with van der Waals surface area (Å²) in [4.78, 5) is 23.6. The second-order valence-electron chi connectivity index (χ2n) is 8.83. The van der Waals surface area contributed by atoms with Gasteiger partial charge in [0.25, 0.3) is 0 Å². The Kier molecular flexibility index (Phi) is 6.15. The van der Waals surface area contributed by atoms with E-state index in [0.717, 1.165) is 46.5 Å². The van der Waals surface area contributed by atoms with Gasteiger partial charge in [-0.05, 0) is 61.0 Å². The van der Waals surface area contributed by atoms with Gasteiger partial charge in [0.1, 0.15) is 11.3 Å². The highest BCUT2D eigenvalue weighted by Gasteiger charge is 2.26. The minimum Gasteiger partial charge on any atom is -0.340 e. The Labute approximate surface area is 223 Å². The van der Waals surface area contributed by atoms with Crippen LogP contribution in [0.15, 0.2) is 105 Å². The Balaban J connectivity index is 1.47. The molecule has 0 N–H and O–H groups in total. The minimum absolute atomic E-state index is 0.0706. The maximum absolute atomic E-state index is 14.0. The van der Waals surface area contributed by atoms with E-state index >= 15 is 0 Å². The standard InChI is InChI=1S/C30H24BrN3OS/c1-2-3-17-33-23-8-4-5-9-25(23)36-26-16-13-21(19-24(26)33)30(35)28-29(20-11-14-22(31)15-12-20)34-18-7-6-10-27(34)32-28/h4-16,18-19H,2-3,17H2,1H3. The van der Waals surface area contributed by atoms with Gasteiger partial charge in [-0.2, -0.15) is 0 Å². The van der Waals surface area contributed by atoms with Crippen LogP contribution in [0.25, 0.3) is 16.9 Å². The van der Waals surface area contributed by atoms with Crippen molar-refractivity contribution in [1.82, 2.24) is 9.38 Å². The van der Waals surface area contributed by atoms with Crippen LogP contribution in [0.2, 0.25) is 0 Å². The fourth-order valence-electron chi connectivity index (χ4n) is 4.70. The number of rotatable bonds is 6. The highest BCUT2D eigenvalue weighted by molar-refractivity contribution is 9.10. The van der Waals surface area contributed by atoms with Crippen molar-refractivity contribution >= 4 is 50.5 Å². The first-order valence-corrected chi connectivity index (χ1v) is 13.7. The molecule has 0 fully saturated rings. The van der Waals surface area contributed by atoms with E-state index in [1.807, 2.05) is 65.2 Å². The van der Waals surface area contributed by atoms with Crippen molar-refractivity contribution in [3.63, 3.8) is 0 Å². The van der Waals surface area contributed by atoms with Crippen LogP contribution in [0.1, 0.15) is 35.8 Å². The van der Waals surface area contributed by atoms with E-state index < -0.39 is 0 Å². The number of fused-ring (bicyclic) bond motifs is 3. The number of carbonyl (C=O) groups excluding carboxylic acids is 1. The zero-order valence-corrected chi connectivity index (χ0v) is 22.2. The Morgan fingerprint density at radius 3 is 2.53 bits per heavy atom. The number of carbonyl (C=O) groups is 1. The molecule has 1 aliphatic heterocycles. The van der Waals surface area contributed by atoms with Gasteiger partial charge in [-0.25, -0.2) is 4.98 Å². The Morgan fingerprint density at radius 1 is 0.917 bits per heavy atom. The van der Waals surface area contributed by atoms with Gasteiger partial charge in [0, 0.05) is 38.1 Å². The van der Waals surface area contributed by atoms with E-state index in [9.17, 15) is 4.79 Å². The van der Waals surface area contributed by atoms with Crippen molar-refractivity contribution in [2.45, 2.75) is 29.6 Å². The van der Waals surface area contributed by atoms with E-state index in [4.69, 9.17) is 4.98 Å². The first-order chi connectivity index (χ1) is 17.6. The average Bonchev–Trinajstić information content (AvgIpc) is 3.30. The number of pyridine rings is 1. The second-order valence-corrected chi connectivity index (χ2v) is 10.8. The summed E-state index contributed by atoms with van der Waals surface area (Å²) in [6.45, 7) is 3.12. The first kappa shape index (κ1) is 23.1. The average molecular weight is 555 g/mol. The van der Waals surface area contributed by atoms with Crippen LogP contribution < -0.4 is 4.90 Å². The van der Waals surface area contributed by atoms with Crippen LogP contribution in [0.3, 0.4) is 0 Å². The molecular formula is C30H24BrN3OS. The van der Waals surface area contributed by atoms with E-state index in [-0.39, 0.29) is 5.78 Å². The van der Waals surface area contributed by atoms with E-state index in [1.165, 1.54) is 15.5 Å². The third kappa shape index (κ3) is 4.04. The number of hydrogen-bond donors (Lipinski definition) is 0. The van der Waals surface area contributed by atoms with Crippen LogP contribution in [0.5, 0.6) is 0 Å². The number of imidazole rings is 1. The monoisotopic (exact) mass is 553 g/mol. The van der Waals surface area contributed by atoms with Gasteiger partial charge >= 0.3 is 0 Å². The Hall–Kier alpha value is -3.35. The number of nitrogens with zero attached hydrogens (tertiary/aromatic N) is 3. The SMILES string of the molecule is CCCCN1c2ccccc2Sc2ccc(C(=O)c3nc4ccccn4c3-c3ccc(Br)cc3)cc21. The lowest BCUT2D eigenvalue weighted by molar-refractivity contribution is 0.103. The van der Waals surface area contributed by atoms with Crippen molar-refractivity contribution in [1.29, 1.82) is 0 Å². The molecule has 4 nitrogen and oxygen atoms in total. The molecule has 0 amide bonds. The summed E-state index contributed by atoms with van der Waals surface area (Å²) in [6, 6.07) is 28.4. The molecule has 0 saturated heterocycles. The molecule has 0 unspecified atom stereocenters. The lowest BCUT2D eigenvalue weighted by Gasteiger charge is -2.33. The van der Waals surface area contributed by atoms with Crippen LogP contribution in [-0.4, -0.2) is 21.7 Å². The summed E-state index contributed by atoms with van der Waals surface area (Å²) in [5.41, 5.74) is 5.93. The summed E-state index contributed by atoms with van der Waals surface area (Å²) in [6.07, 6.45) is 4.15. The molecule has 0 spiro atoms. The summed E-state index contributed by atoms with van der Waals surface area (Å²) in [7, 11) is 0. The zero-order chi connectivity index (χ0) is 24.6. The number of hydrogen-bond acceptors (Lipinski definition) is 4. The molecule has 1 aliphatic rings. The molecule has 36 heavy (non-hydrogen) atoms. The maximum Gasteiger partial charge on any atom is 0.213 e. The van der Waals surface area contributed by atoms with Crippen LogP contribution in [0.4, 0.5) is 11.4 Å². The van der Waals surface area contributed by atoms with Crippen molar-refractivity contribution in [2.75, 3.05) is 11.4 Å². The number of aromatic nitrogens is 2. The van der Waals surface area contributed by atoms with Gasteiger partial charge in [-0.1, -0.05) is 71.4 Å². The normalized spacial score (nSPS) is 12.4. The number of halogens is 1. The molecular weight excluding hydrogens is 530 g/mol. The largest absolute Gasteiger partial charge is 0.340 e. The van der Waals surface area contributed by atoms with E-state index in [0.29, 0.717) is 11.3 Å². The molecule has 6 rings (SSSR count). The number of anilines is 2. The fraction of sp³-hybridized carbons (Fsp3) is 0.133. The smallest absolute Gasteiger partial charge is 0.213 e. The van der Waals surface area contributed by atoms with Gasteiger partial charge in [0.15, 0.2) is 0 Å². The summed E-state index contributed by atoms with van der Waals surface area (Å²) < 4.78 is 2.99. The lowest BCUT2D eigenvalue weighted by Crippen LogP contribution is -2.22. The van der Waals surface area contributed by atoms with Gasteiger partial charge in [-0.3, -0.25) is 9.20 Å². The van der Waals surface area contributed by atoms with Crippen molar-refractivity contribution in [3.05, 3.63) is 107 Å². The van der Waals surface area contributed by atoms with E-state index in [2.05, 4.69) is 58.1 Å². The Morgan fingerprint density at radius 2 is 1.69 bits per heavy atom. The molecule has 2 aromatic heterocycles. The molecule has 0 aliphatic carbocycles. The van der Waals surface area contributed by atoms with Gasteiger partial charge in [0.05, 0.1) is 17.1 Å². The third-order valence-electron chi connectivity index (χ3n) is 6.49. The highest BCUT2D eigenvalue weighted by Crippen LogP contribution is 2.48. The lowest BCUT2D eigenvalue weighted by atomic mass is 10.0. The fourth-order valence-corrected chi connectivity index (χ4v) is 6.04. The maximum atomic E-state index is 14.0. The van der Waals surface area contributed by atoms with Gasteiger partial charge in [-0.15, -0.1) is 0 Å². The molecule has 5 aromatic rings. The number of para-hydroxylation sites is 1. The topological polar surface area (TPSA) is 37.6 Å². The summed E-state index contributed by atoms with van der Waals surface area (Å²) in [5.74, 6) is -0.0706. The number of benzene rings is 3. The molecule has 6 heteroatoms. The summed E-state index contributed by atoms with van der Waals surface area (Å²) >= 11 is 5.28. The molecule has 3 aromatic carbocycles. The number of unbranched alkanes of at least 4 members (excludes halogenated alkanes) is 1. The first-order valence-electron chi connectivity index (χ1n) is 12.1. The molecule has 3 heterocycles. The van der Waals surface area contributed by atoms with Gasteiger partial charge in [0.2, 0.25) is 5.78 Å². The third-order valence-corrected chi connectivity index (χ3v) is 8.14. The predicted octanol–water partition coefficient (Wildman–Crippen LogP) is 8.40. The van der Waals surface area contributed by atoms with Crippen LogP contribution >= 0.6 is 27.7 Å². The van der Waals surface area contributed by atoms with Crippen molar-refractivity contribution in [2.24, 2.45) is 0 Å². The van der Waals surface area contributed by atoms with Crippen LogP contribution in [0, 0.1) is 0 Å². The Bertz CT molecular complexity index is 1590. The highest BCUT2D eigenvalue weighted by atomic mass is 79.9. The number of ketones is 1. The molecule has 0 atom stereocenters. The molecule has 0 saturated carbocycles. The molecule has 0 bridgehead atoms. The second kappa shape index (κ2) is 9.60. The van der Waals surface area contributed by atoms with Crippen LogP contribution in [-0.2, 0) is 0 Å². The van der Waals surface area contributed by atoms with Crippen molar-refractivity contribution < 1.29 is 4.79 Å². The minimum atomic E-state index is -0.0706. The predicted molar refractivity (Wildman–Crippen MR) is 151 cm³/mol. The quantitative estimate of drug-likeness (QED) is 0.198. The molecule has 178 valence electrons.